The third kappa shape index (κ3) is 2.46. The quantitative estimate of drug-likeness (QED) is 0.869. The van der Waals surface area contributed by atoms with Gasteiger partial charge in [-0.2, -0.15) is 0 Å². The third-order valence-corrected chi connectivity index (χ3v) is 4.76. The van der Waals surface area contributed by atoms with Gasteiger partial charge in [0.05, 0.1) is 18.8 Å². The predicted octanol–water partition coefficient (Wildman–Crippen LogP) is 2.14. The van der Waals surface area contributed by atoms with Crippen LogP contribution >= 0.6 is 0 Å². The lowest BCUT2D eigenvalue weighted by atomic mass is 9.90. The number of carbonyl (C=O) groups excluding carboxylic acids is 2. The van der Waals surface area contributed by atoms with Gasteiger partial charge in [0.2, 0.25) is 5.91 Å². The molecule has 6 heteroatoms. The molecule has 2 saturated heterocycles. The van der Waals surface area contributed by atoms with E-state index in [1.54, 1.807) is 12.2 Å². The number of ether oxygens (including phenoxy) is 1. The summed E-state index contributed by atoms with van der Waals surface area (Å²) in [5.74, 6) is -0.536. The van der Waals surface area contributed by atoms with Gasteiger partial charge in [0.1, 0.15) is 11.7 Å². The van der Waals surface area contributed by atoms with Gasteiger partial charge in [-0.25, -0.2) is 5.06 Å². The van der Waals surface area contributed by atoms with Crippen LogP contribution in [-0.4, -0.2) is 25.0 Å². The van der Waals surface area contributed by atoms with E-state index >= 15 is 0 Å². The molecule has 3 unspecified atom stereocenters. The highest BCUT2D eigenvalue weighted by Gasteiger charge is 2.56. The monoisotopic (exact) mass is 338 g/mol. The number of imide groups is 1. The highest BCUT2D eigenvalue weighted by Crippen LogP contribution is 2.45. The van der Waals surface area contributed by atoms with Crippen molar-refractivity contribution in [3.63, 3.8) is 0 Å². The van der Waals surface area contributed by atoms with E-state index in [1.165, 1.54) is 0 Å². The van der Waals surface area contributed by atoms with E-state index in [9.17, 15) is 9.59 Å². The Labute approximate surface area is 145 Å². The largest absolute Gasteiger partial charge is 0.497 e. The number of benzene rings is 2. The Morgan fingerprint density at radius 1 is 1.04 bits per heavy atom. The fraction of sp³-hybridized carbons (Fsp3) is 0.263. The molecule has 4 rings (SSSR count). The van der Waals surface area contributed by atoms with Crippen molar-refractivity contribution < 1.29 is 19.2 Å². The summed E-state index contributed by atoms with van der Waals surface area (Å²) in [5.41, 5.74) is 2.74. The van der Waals surface area contributed by atoms with Crippen molar-refractivity contribution in [3.05, 3.63) is 59.7 Å². The Bertz CT molecular complexity index is 834. The molecule has 128 valence electrons. The SMILES string of the molecule is COc1ccc(C2C3C(=O)NC(=O)C3ON2c2ccccc2C)cc1. The van der Waals surface area contributed by atoms with Crippen molar-refractivity contribution in [2.24, 2.45) is 5.92 Å². The van der Waals surface area contributed by atoms with Crippen LogP contribution in [0.4, 0.5) is 5.69 Å². The molecule has 3 atom stereocenters. The molecule has 2 aliphatic heterocycles. The highest BCUT2D eigenvalue weighted by atomic mass is 16.7. The topological polar surface area (TPSA) is 67.9 Å². The van der Waals surface area contributed by atoms with Crippen LogP contribution in [0.15, 0.2) is 48.5 Å². The molecule has 2 aromatic rings. The molecule has 2 heterocycles. The molecule has 0 radical (unpaired) electrons. The van der Waals surface area contributed by atoms with Crippen LogP contribution in [0.1, 0.15) is 17.2 Å². The predicted molar refractivity (Wildman–Crippen MR) is 90.9 cm³/mol. The van der Waals surface area contributed by atoms with E-state index in [-0.39, 0.29) is 17.9 Å². The Kier molecular flexibility index (Phi) is 3.69. The standard InChI is InChI=1S/C19H18N2O4/c1-11-5-3-4-6-14(11)21-16(12-7-9-13(24-2)10-8-12)15-17(25-21)19(23)20-18(15)22/h3-10,15-17H,1-2H3,(H,20,22,23). The number of hydrogen-bond acceptors (Lipinski definition) is 5. The van der Waals surface area contributed by atoms with Crippen LogP contribution in [0.25, 0.3) is 0 Å². The van der Waals surface area contributed by atoms with Crippen molar-refractivity contribution >= 4 is 17.5 Å². The molecule has 0 saturated carbocycles. The minimum atomic E-state index is -0.806. The fourth-order valence-corrected chi connectivity index (χ4v) is 3.49. The van der Waals surface area contributed by atoms with Gasteiger partial charge >= 0.3 is 0 Å². The molecule has 1 N–H and O–H groups in total. The number of amides is 2. The van der Waals surface area contributed by atoms with E-state index in [4.69, 9.17) is 9.57 Å². The summed E-state index contributed by atoms with van der Waals surface area (Å²) in [4.78, 5) is 30.4. The Balaban J connectivity index is 1.80. The maximum Gasteiger partial charge on any atom is 0.259 e. The number of rotatable bonds is 3. The molecule has 2 aromatic carbocycles. The lowest BCUT2D eigenvalue weighted by Gasteiger charge is -2.28. The number of aryl methyl sites for hydroxylation is 1. The van der Waals surface area contributed by atoms with Gasteiger partial charge in [0.15, 0.2) is 6.10 Å². The van der Waals surface area contributed by atoms with Gasteiger partial charge in [-0.1, -0.05) is 30.3 Å². The molecule has 0 bridgehead atoms. The molecule has 0 aliphatic carbocycles. The van der Waals surface area contributed by atoms with Gasteiger partial charge in [0.25, 0.3) is 5.91 Å². The third-order valence-electron chi connectivity index (χ3n) is 4.76. The summed E-state index contributed by atoms with van der Waals surface area (Å²) in [6.07, 6.45) is -0.806. The average Bonchev–Trinajstić information content (AvgIpc) is 3.14. The zero-order chi connectivity index (χ0) is 17.6. The zero-order valence-corrected chi connectivity index (χ0v) is 13.9. The molecule has 2 amide bonds. The van der Waals surface area contributed by atoms with Gasteiger partial charge in [-0.05, 0) is 36.2 Å². The van der Waals surface area contributed by atoms with E-state index in [0.717, 1.165) is 22.6 Å². The number of fused-ring (bicyclic) bond motifs is 1. The second-order valence-corrected chi connectivity index (χ2v) is 6.24. The number of methoxy groups -OCH3 is 1. The van der Waals surface area contributed by atoms with Gasteiger partial charge < -0.3 is 4.74 Å². The van der Waals surface area contributed by atoms with Crippen LogP contribution < -0.4 is 15.1 Å². The number of hydrogen-bond donors (Lipinski definition) is 1. The number of carbonyl (C=O) groups is 2. The Morgan fingerprint density at radius 3 is 2.44 bits per heavy atom. The first-order valence-corrected chi connectivity index (χ1v) is 8.10. The van der Waals surface area contributed by atoms with E-state index in [0.29, 0.717) is 0 Å². The lowest BCUT2D eigenvalue weighted by molar-refractivity contribution is -0.129. The van der Waals surface area contributed by atoms with Gasteiger partial charge in [0, 0.05) is 0 Å². The summed E-state index contributed by atoms with van der Waals surface area (Å²) in [7, 11) is 1.60. The molecule has 6 nitrogen and oxygen atoms in total. The summed E-state index contributed by atoms with van der Waals surface area (Å²) < 4.78 is 5.21. The first-order chi connectivity index (χ1) is 12.1. The zero-order valence-electron chi connectivity index (χ0n) is 13.9. The van der Waals surface area contributed by atoms with Crippen molar-refractivity contribution in [3.8, 4) is 5.75 Å². The second kappa shape index (κ2) is 5.89. The normalized spacial score (nSPS) is 25.0. The molecule has 25 heavy (non-hydrogen) atoms. The first kappa shape index (κ1) is 15.7. The smallest absolute Gasteiger partial charge is 0.259 e. The number of hydroxylamine groups is 1. The molecule has 0 aromatic heterocycles. The van der Waals surface area contributed by atoms with Crippen LogP contribution in [0, 0.1) is 12.8 Å². The number of anilines is 1. The minimum absolute atomic E-state index is 0.299. The van der Waals surface area contributed by atoms with Gasteiger partial charge in [-0.15, -0.1) is 0 Å². The van der Waals surface area contributed by atoms with Crippen LogP contribution in [-0.2, 0) is 14.4 Å². The molecular weight excluding hydrogens is 320 g/mol. The first-order valence-electron chi connectivity index (χ1n) is 8.10. The maximum absolute atomic E-state index is 12.4. The van der Waals surface area contributed by atoms with Crippen LogP contribution in [0.5, 0.6) is 5.75 Å². The molecule has 2 fully saturated rings. The Morgan fingerprint density at radius 2 is 1.76 bits per heavy atom. The van der Waals surface area contributed by atoms with Crippen molar-refractivity contribution in [2.45, 2.75) is 19.1 Å². The van der Waals surface area contributed by atoms with Crippen molar-refractivity contribution in [2.75, 3.05) is 12.2 Å². The lowest BCUT2D eigenvalue weighted by Crippen LogP contribution is -2.33. The molecule has 2 aliphatic rings. The molecule has 0 spiro atoms. The number of nitrogens with zero attached hydrogens (tertiary/aromatic N) is 1. The van der Waals surface area contributed by atoms with Crippen LogP contribution in [0.3, 0.4) is 0 Å². The summed E-state index contributed by atoms with van der Waals surface area (Å²) >= 11 is 0. The Hall–Kier alpha value is -2.86. The van der Waals surface area contributed by atoms with E-state index < -0.39 is 12.0 Å². The fourth-order valence-electron chi connectivity index (χ4n) is 3.49. The van der Waals surface area contributed by atoms with Crippen LogP contribution in [0.2, 0.25) is 0 Å². The second-order valence-electron chi connectivity index (χ2n) is 6.24. The minimum Gasteiger partial charge on any atom is -0.497 e. The average molecular weight is 338 g/mol. The van der Waals surface area contributed by atoms with E-state index in [1.807, 2.05) is 55.5 Å². The summed E-state index contributed by atoms with van der Waals surface area (Å²) in [6, 6.07) is 14.8. The summed E-state index contributed by atoms with van der Waals surface area (Å²) in [5, 5.41) is 4.07. The number of para-hydroxylation sites is 1. The van der Waals surface area contributed by atoms with Crippen molar-refractivity contribution in [1.82, 2.24) is 5.32 Å². The molecular formula is C19H18N2O4. The maximum atomic E-state index is 12.4. The highest BCUT2D eigenvalue weighted by molar-refractivity contribution is 6.07. The van der Waals surface area contributed by atoms with Gasteiger partial charge in [-0.3, -0.25) is 19.7 Å². The number of nitrogens with one attached hydrogen (secondary N) is 1. The van der Waals surface area contributed by atoms with Crippen molar-refractivity contribution in [1.29, 1.82) is 0 Å². The summed E-state index contributed by atoms with van der Waals surface area (Å²) in [6.45, 7) is 1.97. The van der Waals surface area contributed by atoms with E-state index in [2.05, 4.69) is 5.32 Å².